The molecule has 2 heterocycles. The molecule has 0 aliphatic carbocycles. The van der Waals surface area contributed by atoms with E-state index in [0.29, 0.717) is 23.6 Å². The summed E-state index contributed by atoms with van der Waals surface area (Å²) < 4.78 is 5.26. The van der Waals surface area contributed by atoms with Gasteiger partial charge in [0.2, 0.25) is 0 Å². The predicted octanol–water partition coefficient (Wildman–Crippen LogP) is 2.17. The van der Waals surface area contributed by atoms with Crippen LogP contribution in [-0.2, 0) is 0 Å². The van der Waals surface area contributed by atoms with E-state index < -0.39 is 0 Å². The van der Waals surface area contributed by atoms with Crippen LogP contribution in [0.25, 0.3) is 11.6 Å². The van der Waals surface area contributed by atoms with E-state index in [1.165, 1.54) is 0 Å². The van der Waals surface area contributed by atoms with Crippen molar-refractivity contribution in [1.29, 1.82) is 0 Å². The molecule has 2 aromatic rings. The maximum Gasteiger partial charge on any atom is 0.196 e. The Balaban J connectivity index is 2.58. The molecular weight excluding hydrogens is 192 g/mol. The molecule has 0 aliphatic rings. The molecule has 0 saturated carbocycles. The van der Waals surface area contributed by atoms with Gasteiger partial charge in [-0.1, -0.05) is 0 Å². The number of aromatic nitrogens is 2. The monoisotopic (exact) mass is 202 g/mol. The van der Waals surface area contributed by atoms with Crippen LogP contribution in [0.5, 0.6) is 0 Å². The number of nitrogens with zero attached hydrogens (tertiary/aromatic N) is 2. The number of hydrogen-bond acceptors (Lipinski definition) is 4. The summed E-state index contributed by atoms with van der Waals surface area (Å²) in [5, 5.41) is 0. The summed E-state index contributed by atoms with van der Waals surface area (Å²) in [6, 6.07) is 3.47. The van der Waals surface area contributed by atoms with E-state index >= 15 is 0 Å². The molecule has 0 spiro atoms. The molecule has 0 bridgehead atoms. The van der Waals surface area contributed by atoms with Gasteiger partial charge in [-0.05, 0) is 31.5 Å². The van der Waals surface area contributed by atoms with Crippen LogP contribution in [0.4, 0.5) is 0 Å². The maximum absolute atomic E-state index is 10.6. The molecule has 0 unspecified atom stereocenters. The van der Waals surface area contributed by atoms with Crippen LogP contribution >= 0.6 is 0 Å². The summed E-state index contributed by atoms with van der Waals surface area (Å²) in [6.45, 7) is 3.72. The van der Waals surface area contributed by atoms with E-state index in [-0.39, 0.29) is 0 Å². The summed E-state index contributed by atoms with van der Waals surface area (Å²) in [5.74, 6) is 1.07. The fraction of sp³-hybridized carbons (Fsp3) is 0.182. The highest BCUT2D eigenvalue weighted by atomic mass is 16.3. The highest BCUT2D eigenvalue weighted by Crippen LogP contribution is 2.20. The molecule has 2 rings (SSSR count). The van der Waals surface area contributed by atoms with Crippen LogP contribution in [0.2, 0.25) is 0 Å². The third kappa shape index (κ3) is 1.79. The van der Waals surface area contributed by atoms with Crippen LogP contribution in [0.3, 0.4) is 0 Å². The summed E-state index contributed by atoms with van der Waals surface area (Å²) in [7, 11) is 0. The van der Waals surface area contributed by atoms with Crippen LogP contribution in [0.1, 0.15) is 21.7 Å². The van der Waals surface area contributed by atoms with E-state index in [9.17, 15) is 4.79 Å². The first-order chi connectivity index (χ1) is 7.20. The van der Waals surface area contributed by atoms with Gasteiger partial charge in [-0.3, -0.25) is 4.79 Å². The van der Waals surface area contributed by atoms with E-state index in [0.717, 1.165) is 11.3 Å². The lowest BCUT2D eigenvalue weighted by Crippen LogP contribution is -1.96. The van der Waals surface area contributed by atoms with Crippen molar-refractivity contribution in [3.63, 3.8) is 0 Å². The molecule has 0 saturated heterocycles. The Morgan fingerprint density at radius 3 is 2.73 bits per heavy atom. The zero-order valence-electron chi connectivity index (χ0n) is 8.52. The lowest BCUT2D eigenvalue weighted by molar-refractivity contribution is 0.111. The van der Waals surface area contributed by atoms with Crippen LogP contribution in [0.15, 0.2) is 22.8 Å². The molecule has 4 nitrogen and oxygen atoms in total. The number of aldehydes is 1. The van der Waals surface area contributed by atoms with Crippen molar-refractivity contribution in [3.05, 3.63) is 35.3 Å². The van der Waals surface area contributed by atoms with Crippen molar-refractivity contribution in [2.24, 2.45) is 0 Å². The zero-order valence-corrected chi connectivity index (χ0v) is 8.52. The Morgan fingerprint density at radius 1 is 1.33 bits per heavy atom. The van der Waals surface area contributed by atoms with E-state index in [1.54, 1.807) is 12.3 Å². The van der Waals surface area contributed by atoms with Crippen molar-refractivity contribution in [2.45, 2.75) is 13.8 Å². The molecule has 0 aromatic carbocycles. The van der Waals surface area contributed by atoms with E-state index in [2.05, 4.69) is 9.97 Å². The zero-order chi connectivity index (χ0) is 10.8. The first-order valence-corrected chi connectivity index (χ1v) is 4.56. The lowest BCUT2D eigenvalue weighted by Gasteiger charge is -2.00. The molecule has 0 fully saturated rings. The van der Waals surface area contributed by atoms with E-state index in [1.807, 2.05) is 19.9 Å². The van der Waals surface area contributed by atoms with Gasteiger partial charge in [-0.2, -0.15) is 0 Å². The van der Waals surface area contributed by atoms with Crippen molar-refractivity contribution < 1.29 is 9.21 Å². The molecule has 76 valence electrons. The summed E-state index contributed by atoms with van der Waals surface area (Å²) in [5.41, 5.74) is 2.07. The lowest BCUT2D eigenvalue weighted by atomic mass is 10.2. The second kappa shape index (κ2) is 3.65. The third-order valence-corrected chi connectivity index (χ3v) is 2.06. The Bertz CT molecular complexity index is 503. The van der Waals surface area contributed by atoms with Crippen molar-refractivity contribution >= 4 is 6.29 Å². The number of carbonyl (C=O) groups excluding carboxylic acids is 1. The molecule has 0 aliphatic heterocycles. The average molecular weight is 202 g/mol. The van der Waals surface area contributed by atoms with Gasteiger partial charge in [-0.15, -0.1) is 0 Å². The molecule has 0 N–H and O–H groups in total. The normalized spacial score (nSPS) is 10.3. The van der Waals surface area contributed by atoms with Gasteiger partial charge in [0, 0.05) is 5.69 Å². The molecule has 4 heteroatoms. The van der Waals surface area contributed by atoms with E-state index in [4.69, 9.17) is 4.42 Å². The summed E-state index contributed by atoms with van der Waals surface area (Å²) in [6.07, 6.45) is 2.29. The summed E-state index contributed by atoms with van der Waals surface area (Å²) >= 11 is 0. The first-order valence-electron chi connectivity index (χ1n) is 4.56. The van der Waals surface area contributed by atoms with Crippen LogP contribution < -0.4 is 0 Å². The number of hydrogen-bond donors (Lipinski definition) is 0. The largest absolute Gasteiger partial charge is 0.461 e. The summed E-state index contributed by atoms with van der Waals surface area (Å²) in [4.78, 5) is 18.9. The van der Waals surface area contributed by atoms with Gasteiger partial charge in [0.15, 0.2) is 17.9 Å². The van der Waals surface area contributed by atoms with Gasteiger partial charge >= 0.3 is 0 Å². The standard InChI is InChI=1S/C11H10N2O2/c1-7-3-4-15-10(7)11-12-8(2)5-9(6-14)13-11/h3-6H,1-2H3. The maximum atomic E-state index is 10.6. The third-order valence-electron chi connectivity index (χ3n) is 2.06. The van der Waals surface area contributed by atoms with Gasteiger partial charge in [0.25, 0.3) is 0 Å². The second-order valence-electron chi connectivity index (χ2n) is 3.31. The Hall–Kier alpha value is -1.97. The van der Waals surface area contributed by atoms with Crippen molar-refractivity contribution in [2.75, 3.05) is 0 Å². The van der Waals surface area contributed by atoms with Gasteiger partial charge in [-0.25, -0.2) is 9.97 Å². The fourth-order valence-corrected chi connectivity index (χ4v) is 1.36. The highest BCUT2D eigenvalue weighted by Gasteiger charge is 2.10. The minimum atomic E-state index is 0.369. The number of rotatable bonds is 2. The van der Waals surface area contributed by atoms with Crippen LogP contribution in [0, 0.1) is 13.8 Å². The number of furan rings is 1. The quantitative estimate of drug-likeness (QED) is 0.700. The predicted molar refractivity (Wildman–Crippen MR) is 54.6 cm³/mol. The van der Waals surface area contributed by atoms with Crippen molar-refractivity contribution in [3.8, 4) is 11.6 Å². The molecule has 0 atom stereocenters. The van der Waals surface area contributed by atoms with Gasteiger partial charge in [0.1, 0.15) is 5.69 Å². The Morgan fingerprint density at radius 2 is 2.13 bits per heavy atom. The second-order valence-corrected chi connectivity index (χ2v) is 3.31. The SMILES string of the molecule is Cc1cc(C=O)nc(-c2occc2C)n1. The van der Waals surface area contributed by atoms with Crippen LogP contribution in [-0.4, -0.2) is 16.3 Å². The van der Waals surface area contributed by atoms with Crippen molar-refractivity contribution in [1.82, 2.24) is 9.97 Å². The molecule has 2 aromatic heterocycles. The Kier molecular flexibility index (Phi) is 2.33. The minimum absolute atomic E-state index is 0.369. The molecular formula is C11H10N2O2. The Labute approximate surface area is 87.0 Å². The first kappa shape index (κ1) is 9.58. The highest BCUT2D eigenvalue weighted by molar-refractivity contribution is 5.73. The topological polar surface area (TPSA) is 56.0 Å². The number of aryl methyl sites for hydroxylation is 2. The van der Waals surface area contributed by atoms with Gasteiger partial charge < -0.3 is 4.42 Å². The fourth-order valence-electron chi connectivity index (χ4n) is 1.36. The molecule has 15 heavy (non-hydrogen) atoms. The van der Waals surface area contributed by atoms with Gasteiger partial charge in [0.05, 0.1) is 6.26 Å². The molecule has 0 radical (unpaired) electrons. The molecule has 0 amide bonds. The average Bonchev–Trinajstić information content (AvgIpc) is 2.63. The minimum Gasteiger partial charge on any atom is -0.461 e. The smallest absolute Gasteiger partial charge is 0.196 e. The number of carbonyl (C=O) groups is 1.